The summed E-state index contributed by atoms with van der Waals surface area (Å²) in [5, 5.41) is 15.4. The highest BCUT2D eigenvalue weighted by molar-refractivity contribution is 7.17. The maximum Gasteiger partial charge on any atom is 0.335 e. The minimum absolute atomic E-state index is 0. The van der Waals surface area contributed by atoms with Gasteiger partial charge in [-0.05, 0) is 30.7 Å². The zero-order valence-corrected chi connectivity index (χ0v) is 16.0. The summed E-state index contributed by atoms with van der Waals surface area (Å²) in [4.78, 5) is 20.8. The third-order valence-corrected chi connectivity index (χ3v) is 4.99. The van der Waals surface area contributed by atoms with Crippen molar-refractivity contribution < 1.29 is 9.90 Å². The average molecular weight is 398 g/mol. The third kappa shape index (κ3) is 3.77. The number of nitrogens with zero attached hydrogens (tertiary/aromatic N) is 2. The van der Waals surface area contributed by atoms with Crippen molar-refractivity contribution in [3.8, 4) is 11.1 Å². The van der Waals surface area contributed by atoms with Crippen LogP contribution in [0.4, 0.5) is 11.5 Å². The number of carboxylic acid groups (broad SMARTS) is 1. The Morgan fingerprint density at radius 2 is 1.89 bits per heavy atom. The summed E-state index contributed by atoms with van der Waals surface area (Å²) in [6.45, 7) is 2.06. The zero-order valence-electron chi connectivity index (χ0n) is 14.3. The topological polar surface area (TPSA) is 75.1 Å². The molecular weight excluding hydrogens is 382 g/mol. The van der Waals surface area contributed by atoms with Gasteiger partial charge in [-0.15, -0.1) is 23.7 Å². The number of carboxylic acids is 1. The van der Waals surface area contributed by atoms with Crippen LogP contribution in [-0.4, -0.2) is 21.0 Å². The van der Waals surface area contributed by atoms with E-state index in [-0.39, 0.29) is 18.0 Å². The Morgan fingerprint density at radius 1 is 1.11 bits per heavy atom. The van der Waals surface area contributed by atoms with E-state index in [0.717, 1.165) is 21.3 Å². The third-order valence-electron chi connectivity index (χ3n) is 4.11. The molecule has 27 heavy (non-hydrogen) atoms. The van der Waals surface area contributed by atoms with Gasteiger partial charge in [0.25, 0.3) is 0 Å². The highest BCUT2D eigenvalue weighted by Crippen LogP contribution is 2.37. The van der Waals surface area contributed by atoms with Gasteiger partial charge in [-0.1, -0.05) is 35.9 Å². The molecule has 136 valence electrons. The van der Waals surface area contributed by atoms with Gasteiger partial charge in [0.2, 0.25) is 0 Å². The number of rotatable bonds is 4. The fourth-order valence-corrected chi connectivity index (χ4v) is 3.70. The Bertz CT molecular complexity index is 1110. The molecule has 0 aliphatic carbocycles. The van der Waals surface area contributed by atoms with E-state index in [9.17, 15) is 9.90 Å². The predicted molar refractivity (Wildman–Crippen MR) is 112 cm³/mol. The van der Waals surface area contributed by atoms with Gasteiger partial charge in [0.15, 0.2) is 0 Å². The Balaban J connectivity index is 0.00000210. The number of carbonyl (C=O) groups is 1. The Labute approximate surface area is 166 Å². The minimum Gasteiger partial charge on any atom is -0.478 e. The van der Waals surface area contributed by atoms with E-state index < -0.39 is 5.97 Å². The maximum atomic E-state index is 11.2. The lowest BCUT2D eigenvalue weighted by Gasteiger charge is -2.09. The molecule has 0 amide bonds. The Kier molecular flexibility index (Phi) is 5.39. The molecule has 0 saturated heterocycles. The van der Waals surface area contributed by atoms with E-state index in [2.05, 4.69) is 51.9 Å². The number of benzene rings is 2. The second kappa shape index (κ2) is 7.73. The molecule has 0 fully saturated rings. The maximum absolute atomic E-state index is 11.2. The highest BCUT2D eigenvalue weighted by atomic mass is 35.5. The molecule has 4 aromatic rings. The molecule has 2 heterocycles. The molecule has 0 saturated carbocycles. The van der Waals surface area contributed by atoms with Crippen molar-refractivity contribution in [1.29, 1.82) is 0 Å². The van der Waals surface area contributed by atoms with Crippen LogP contribution in [0.25, 0.3) is 21.3 Å². The van der Waals surface area contributed by atoms with Crippen LogP contribution >= 0.6 is 23.7 Å². The number of thiophene rings is 1. The van der Waals surface area contributed by atoms with Gasteiger partial charge < -0.3 is 10.4 Å². The van der Waals surface area contributed by atoms with E-state index in [0.29, 0.717) is 11.5 Å². The summed E-state index contributed by atoms with van der Waals surface area (Å²) >= 11 is 1.56. The lowest BCUT2D eigenvalue weighted by Crippen LogP contribution is -1.99. The molecule has 0 spiro atoms. The van der Waals surface area contributed by atoms with Crippen molar-refractivity contribution in [3.05, 3.63) is 71.4 Å². The second-order valence-corrected chi connectivity index (χ2v) is 6.79. The van der Waals surface area contributed by atoms with Crippen LogP contribution < -0.4 is 5.32 Å². The number of anilines is 2. The lowest BCUT2D eigenvalue weighted by atomic mass is 10.0. The Morgan fingerprint density at radius 3 is 2.63 bits per heavy atom. The zero-order chi connectivity index (χ0) is 18.1. The van der Waals surface area contributed by atoms with Crippen molar-refractivity contribution in [3.63, 3.8) is 0 Å². The molecule has 5 nitrogen and oxygen atoms in total. The lowest BCUT2D eigenvalue weighted by molar-refractivity contribution is 0.0697. The highest BCUT2D eigenvalue weighted by Gasteiger charge is 2.14. The van der Waals surface area contributed by atoms with Crippen LogP contribution in [0.2, 0.25) is 0 Å². The fraction of sp³-hybridized carbons (Fsp3) is 0.0500. The van der Waals surface area contributed by atoms with E-state index in [4.69, 9.17) is 0 Å². The minimum atomic E-state index is -0.961. The van der Waals surface area contributed by atoms with Crippen molar-refractivity contribution in [2.45, 2.75) is 6.92 Å². The van der Waals surface area contributed by atoms with Crippen LogP contribution in [0.3, 0.4) is 0 Å². The van der Waals surface area contributed by atoms with Crippen LogP contribution in [-0.2, 0) is 0 Å². The first kappa shape index (κ1) is 18.8. The van der Waals surface area contributed by atoms with Gasteiger partial charge in [-0.25, -0.2) is 14.8 Å². The van der Waals surface area contributed by atoms with Crippen LogP contribution in [0.15, 0.2) is 60.2 Å². The summed E-state index contributed by atoms with van der Waals surface area (Å²) in [7, 11) is 0. The number of hydrogen-bond acceptors (Lipinski definition) is 5. The molecule has 2 aromatic heterocycles. The van der Waals surface area contributed by atoms with Gasteiger partial charge in [-0.3, -0.25) is 0 Å². The SMILES string of the molecule is Cc1ccc(-c2csc3ncnc(Nc4cccc(C(=O)O)c4)c23)cc1.Cl. The number of aromatic nitrogens is 2. The van der Waals surface area contributed by atoms with Crippen molar-refractivity contribution in [2.75, 3.05) is 5.32 Å². The van der Waals surface area contributed by atoms with E-state index in [1.54, 1.807) is 29.5 Å². The fourth-order valence-electron chi connectivity index (χ4n) is 2.78. The van der Waals surface area contributed by atoms with Crippen LogP contribution in [0.5, 0.6) is 0 Å². The van der Waals surface area contributed by atoms with Gasteiger partial charge >= 0.3 is 5.97 Å². The number of aryl methyl sites for hydroxylation is 1. The number of halogens is 1. The molecule has 0 aliphatic heterocycles. The van der Waals surface area contributed by atoms with Gasteiger partial charge in [0.05, 0.1) is 10.9 Å². The monoisotopic (exact) mass is 397 g/mol. The molecule has 7 heteroatoms. The van der Waals surface area contributed by atoms with Crippen molar-refractivity contribution in [1.82, 2.24) is 9.97 Å². The smallest absolute Gasteiger partial charge is 0.335 e. The molecule has 4 rings (SSSR count). The van der Waals surface area contributed by atoms with E-state index >= 15 is 0 Å². The van der Waals surface area contributed by atoms with Crippen LogP contribution in [0.1, 0.15) is 15.9 Å². The largest absolute Gasteiger partial charge is 0.478 e. The number of aromatic carboxylic acids is 1. The van der Waals surface area contributed by atoms with Gasteiger partial charge in [-0.2, -0.15) is 0 Å². The molecular formula is C20H16ClN3O2S. The van der Waals surface area contributed by atoms with Gasteiger partial charge in [0.1, 0.15) is 17.0 Å². The molecule has 0 aliphatic rings. The molecule has 0 unspecified atom stereocenters. The first-order valence-corrected chi connectivity index (χ1v) is 8.89. The number of hydrogen-bond donors (Lipinski definition) is 2. The average Bonchev–Trinajstić information content (AvgIpc) is 3.08. The summed E-state index contributed by atoms with van der Waals surface area (Å²) in [6.07, 6.45) is 1.52. The summed E-state index contributed by atoms with van der Waals surface area (Å²) < 4.78 is 0. The van der Waals surface area contributed by atoms with Gasteiger partial charge in [0, 0.05) is 16.6 Å². The van der Waals surface area contributed by atoms with E-state index in [1.807, 2.05) is 6.07 Å². The molecule has 0 atom stereocenters. The second-order valence-electron chi connectivity index (χ2n) is 5.93. The van der Waals surface area contributed by atoms with Crippen LogP contribution in [0, 0.1) is 6.92 Å². The van der Waals surface area contributed by atoms with Crippen molar-refractivity contribution in [2.24, 2.45) is 0 Å². The summed E-state index contributed by atoms with van der Waals surface area (Å²) in [6, 6.07) is 15.0. The molecule has 2 aromatic carbocycles. The number of nitrogens with one attached hydrogen (secondary N) is 1. The first-order chi connectivity index (χ1) is 12.6. The van der Waals surface area contributed by atoms with E-state index in [1.165, 1.54) is 11.9 Å². The summed E-state index contributed by atoms with van der Waals surface area (Å²) in [5.74, 6) is -0.299. The predicted octanol–water partition coefficient (Wildman–Crippen LogP) is 5.53. The first-order valence-electron chi connectivity index (χ1n) is 8.01. The quantitative estimate of drug-likeness (QED) is 0.473. The normalized spacial score (nSPS) is 10.4. The summed E-state index contributed by atoms with van der Waals surface area (Å²) in [5.41, 5.74) is 4.25. The molecule has 2 N–H and O–H groups in total. The molecule has 0 bridgehead atoms. The number of fused-ring (bicyclic) bond motifs is 1. The standard InChI is InChI=1S/C20H15N3O2S.ClH/c1-12-5-7-13(8-6-12)16-10-26-19-17(16)18(21-11-22-19)23-15-4-2-3-14(9-15)20(24)25;/h2-11H,1H3,(H,24,25)(H,21,22,23);1H. The Hall–Kier alpha value is -2.96. The molecule has 0 radical (unpaired) electrons. The van der Waals surface area contributed by atoms with Crippen molar-refractivity contribution >= 4 is 51.4 Å².